The number of rotatable bonds is 2. The van der Waals surface area contributed by atoms with Gasteiger partial charge in [-0.15, -0.1) is 11.3 Å². The average Bonchev–Trinajstić information content (AvgIpc) is 3.24. The van der Waals surface area contributed by atoms with E-state index in [0.29, 0.717) is 23.1 Å². The number of carbonyl (C=O) groups is 1. The van der Waals surface area contributed by atoms with Crippen LogP contribution in [0.5, 0.6) is 0 Å². The van der Waals surface area contributed by atoms with Crippen molar-refractivity contribution in [3.63, 3.8) is 0 Å². The summed E-state index contributed by atoms with van der Waals surface area (Å²) < 4.78 is 2.75. The van der Waals surface area contributed by atoms with Crippen LogP contribution in [0.1, 0.15) is 10.4 Å². The van der Waals surface area contributed by atoms with Crippen molar-refractivity contribution in [1.29, 1.82) is 0 Å². The summed E-state index contributed by atoms with van der Waals surface area (Å²) in [4.78, 5) is 14.8. The van der Waals surface area contributed by atoms with E-state index >= 15 is 0 Å². The molecule has 1 aliphatic rings. The van der Waals surface area contributed by atoms with Crippen LogP contribution in [0.4, 0.5) is 0 Å². The average molecular weight is 381 g/mol. The Bertz CT molecular complexity index is 936. The molecule has 0 fully saturated rings. The van der Waals surface area contributed by atoms with Gasteiger partial charge in [0, 0.05) is 29.2 Å². The number of carbonyl (C=O) groups excluding carboxylic acids is 1. The molecule has 3 heterocycles. The molecule has 0 bridgehead atoms. The molecule has 1 amide bonds. The van der Waals surface area contributed by atoms with Gasteiger partial charge in [0.25, 0.3) is 0 Å². The first-order chi connectivity index (χ1) is 11.6. The fraction of sp³-hybridized carbons (Fsp3) is 0.250. The molecule has 0 unspecified atom stereocenters. The minimum atomic E-state index is -0.0328. The van der Waals surface area contributed by atoms with E-state index in [1.165, 1.54) is 5.56 Å². The number of hydrogen-bond acceptors (Lipinski definition) is 4. The third kappa shape index (κ3) is 2.41. The van der Waals surface area contributed by atoms with Crippen LogP contribution in [0.2, 0.25) is 10.0 Å². The fourth-order valence-corrected chi connectivity index (χ4v) is 4.97. The molecule has 0 aliphatic carbocycles. The summed E-state index contributed by atoms with van der Waals surface area (Å²) in [6, 6.07) is 3.72. The molecule has 24 heavy (non-hydrogen) atoms. The minimum Gasteiger partial charge on any atom is -0.336 e. The maximum Gasteiger partial charge on any atom is 0.236 e. The Morgan fingerprint density at radius 2 is 2.25 bits per heavy atom. The molecule has 2 aromatic heterocycles. The molecule has 0 spiro atoms. The standard InChI is InChI=1S/C16H14Cl2N4OS/c17-10-6-11(22-4-1-3-20-22)14-9-2-5-21(13(23)7-19)8-12(9)24-16(14)15(10)18/h1,3-4,6H,2,5,7-8,19H2. The molecular weight excluding hydrogens is 367 g/mol. The SMILES string of the molecule is NCC(=O)N1CCc2c(sc3c(Cl)c(Cl)cc(-n4cccn4)c23)C1. The number of thiophene rings is 1. The van der Waals surface area contributed by atoms with Gasteiger partial charge in [-0.25, -0.2) is 4.68 Å². The van der Waals surface area contributed by atoms with E-state index in [-0.39, 0.29) is 12.5 Å². The molecule has 1 aliphatic heterocycles. The van der Waals surface area contributed by atoms with E-state index in [1.807, 2.05) is 18.3 Å². The number of fused-ring (bicyclic) bond motifs is 3. The first kappa shape index (κ1) is 15.9. The summed E-state index contributed by atoms with van der Waals surface area (Å²) in [7, 11) is 0. The number of nitrogens with zero attached hydrogens (tertiary/aromatic N) is 3. The molecule has 5 nitrogen and oxygen atoms in total. The van der Waals surface area contributed by atoms with Gasteiger partial charge in [0.15, 0.2) is 0 Å². The van der Waals surface area contributed by atoms with Gasteiger partial charge < -0.3 is 10.6 Å². The number of aromatic nitrogens is 2. The van der Waals surface area contributed by atoms with Crippen LogP contribution in [0.3, 0.4) is 0 Å². The highest BCUT2D eigenvalue weighted by atomic mass is 35.5. The molecule has 0 atom stereocenters. The van der Waals surface area contributed by atoms with Gasteiger partial charge in [0.1, 0.15) is 0 Å². The number of halogens is 2. The Kier molecular flexibility index (Phi) is 4.00. The normalized spacial score (nSPS) is 14.2. The number of amides is 1. The van der Waals surface area contributed by atoms with E-state index in [9.17, 15) is 4.79 Å². The largest absolute Gasteiger partial charge is 0.336 e. The fourth-order valence-electron chi connectivity index (χ4n) is 3.13. The molecule has 0 saturated carbocycles. The van der Waals surface area contributed by atoms with E-state index in [0.717, 1.165) is 27.1 Å². The Morgan fingerprint density at radius 3 is 2.96 bits per heavy atom. The van der Waals surface area contributed by atoms with Crippen LogP contribution in [-0.4, -0.2) is 33.7 Å². The van der Waals surface area contributed by atoms with Crippen LogP contribution in [0.15, 0.2) is 24.5 Å². The molecular formula is C16H14Cl2N4OS. The van der Waals surface area contributed by atoms with Crippen LogP contribution in [0, 0.1) is 0 Å². The Labute approximate surface area is 152 Å². The first-order valence-electron chi connectivity index (χ1n) is 7.50. The van der Waals surface area contributed by atoms with Gasteiger partial charge in [-0.2, -0.15) is 5.10 Å². The smallest absolute Gasteiger partial charge is 0.236 e. The number of hydrogen-bond donors (Lipinski definition) is 1. The van der Waals surface area contributed by atoms with Crippen molar-refractivity contribution in [3.8, 4) is 5.69 Å². The van der Waals surface area contributed by atoms with Crippen LogP contribution >= 0.6 is 34.5 Å². The van der Waals surface area contributed by atoms with E-state index in [2.05, 4.69) is 5.10 Å². The summed E-state index contributed by atoms with van der Waals surface area (Å²) in [6.07, 6.45) is 4.39. The molecule has 2 N–H and O–H groups in total. The second kappa shape index (κ2) is 6.04. The molecule has 4 rings (SSSR count). The van der Waals surface area contributed by atoms with Crippen molar-refractivity contribution in [2.75, 3.05) is 13.1 Å². The second-order valence-corrected chi connectivity index (χ2v) is 7.51. The van der Waals surface area contributed by atoms with E-state index in [4.69, 9.17) is 28.9 Å². The predicted molar refractivity (Wildman–Crippen MR) is 97.1 cm³/mol. The van der Waals surface area contributed by atoms with Gasteiger partial charge >= 0.3 is 0 Å². The van der Waals surface area contributed by atoms with E-state index in [1.54, 1.807) is 27.1 Å². The van der Waals surface area contributed by atoms with Crippen molar-refractivity contribution in [3.05, 3.63) is 45.0 Å². The van der Waals surface area contributed by atoms with Crippen molar-refractivity contribution in [2.45, 2.75) is 13.0 Å². The Hall–Kier alpha value is -1.60. The maximum atomic E-state index is 11.9. The van der Waals surface area contributed by atoms with Crippen molar-refractivity contribution < 1.29 is 4.79 Å². The molecule has 8 heteroatoms. The summed E-state index contributed by atoms with van der Waals surface area (Å²) in [5, 5.41) is 6.46. The van der Waals surface area contributed by atoms with Crippen molar-refractivity contribution in [2.24, 2.45) is 5.73 Å². The quantitative estimate of drug-likeness (QED) is 0.741. The molecule has 3 aromatic rings. The molecule has 124 valence electrons. The summed E-state index contributed by atoms with van der Waals surface area (Å²) in [5.41, 5.74) is 7.63. The lowest BCUT2D eigenvalue weighted by atomic mass is 10.0. The van der Waals surface area contributed by atoms with Gasteiger partial charge in [0.05, 0.1) is 33.5 Å². The lowest BCUT2D eigenvalue weighted by Crippen LogP contribution is -2.39. The van der Waals surface area contributed by atoms with Crippen molar-refractivity contribution >= 4 is 50.5 Å². The predicted octanol–water partition coefficient (Wildman–Crippen LogP) is 3.24. The summed E-state index contributed by atoms with van der Waals surface area (Å²) in [5.74, 6) is -0.0328. The van der Waals surface area contributed by atoms with Crippen LogP contribution in [-0.2, 0) is 17.8 Å². The highest BCUT2D eigenvalue weighted by Crippen LogP contribution is 2.44. The molecule has 0 saturated heterocycles. The van der Waals surface area contributed by atoms with Gasteiger partial charge in [-0.1, -0.05) is 23.2 Å². The number of benzene rings is 1. The zero-order valence-corrected chi connectivity index (χ0v) is 15.0. The zero-order valence-electron chi connectivity index (χ0n) is 12.6. The highest BCUT2D eigenvalue weighted by Gasteiger charge is 2.27. The highest BCUT2D eigenvalue weighted by molar-refractivity contribution is 7.20. The van der Waals surface area contributed by atoms with Crippen LogP contribution < -0.4 is 5.73 Å². The van der Waals surface area contributed by atoms with Gasteiger partial charge in [-0.3, -0.25) is 4.79 Å². The Morgan fingerprint density at radius 1 is 1.42 bits per heavy atom. The zero-order chi connectivity index (χ0) is 16.8. The summed E-state index contributed by atoms with van der Waals surface area (Å²) in [6.45, 7) is 1.26. The second-order valence-electron chi connectivity index (χ2n) is 5.62. The van der Waals surface area contributed by atoms with E-state index < -0.39 is 0 Å². The third-order valence-corrected chi connectivity index (χ3v) is 6.40. The monoisotopic (exact) mass is 380 g/mol. The Balaban J connectivity index is 1.93. The number of nitrogens with two attached hydrogens (primary N) is 1. The van der Waals surface area contributed by atoms with Gasteiger partial charge in [0.2, 0.25) is 5.91 Å². The van der Waals surface area contributed by atoms with Crippen LogP contribution in [0.25, 0.3) is 15.8 Å². The lowest BCUT2D eigenvalue weighted by molar-refractivity contribution is -0.130. The van der Waals surface area contributed by atoms with Crippen molar-refractivity contribution in [1.82, 2.24) is 14.7 Å². The molecule has 1 aromatic carbocycles. The lowest BCUT2D eigenvalue weighted by Gasteiger charge is -2.26. The topological polar surface area (TPSA) is 64.2 Å². The summed E-state index contributed by atoms with van der Waals surface area (Å²) >= 11 is 14.4. The molecule has 0 radical (unpaired) electrons. The van der Waals surface area contributed by atoms with Gasteiger partial charge in [-0.05, 0) is 24.1 Å². The maximum absolute atomic E-state index is 11.9. The minimum absolute atomic E-state index is 0.0328. The first-order valence-corrected chi connectivity index (χ1v) is 9.07. The third-order valence-electron chi connectivity index (χ3n) is 4.26.